The minimum atomic E-state index is -0.993. The summed E-state index contributed by atoms with van der Waals surface area (Å²) >= 11 is 0. The van der Waals surface area contributed by atoms with E-state index in [-0.39, 0.29) is 18.4 Å². The van der Waals surface area contributed by atoms with Crippen LogP contribution < -0.4 is 5.73 Å². The van der Waals surface area contributed by atoms with E-state index in [1.165, 1.54) is 0 Å². The Balaban J connectivity index is 2.30. The van der Waals surface area contributed by atoms with E-state index >= 15 is 0 Å². The lowest BCUT2D eigenvalue weighted by Gasteiger charge is -2.47. The van der Waals surface area contributed by atoms with E-state index in [4.69, 9.17) is 15.6 Å². The highest BCUT2D eigenvalue weighted by Gasteiger charge is 2.42. The number of amides is 1. The number of aliphatic carboxylic acids is 1. The normalized spacial score (nSPS) is 19.6. The monoisotopic (exact) mass is 244 g/mol. The number of carboxylic acid groups (broad SMARTS) is 1. The Kier molecular flexibility index (Phi) is 4.47. The van der Waals surface area contributed by atoms with Crippen molar-refractivity contribution < 1.29 is 19.4 Å². The molecule has 98 valence electrons. The zero-order valence-electron chi connectivity index (χ0n) is 10.3. The van der Waals surface area contributed by atoms with Crippen LogP contribution >= 0.6 is 0 Å². The van der Waals surface area contributed by atoms with Crippen LogP contribution in [-0.2, 0) is 14.3 Å². The molecule has 0 radical (unpaired) electrons. The van der Waals surface area contributed by atoms with Crippen LogP contribution in [0.25, 0.3) is 0 Å². The van der Waals surface area contributed by atoms with Gasteiger partial charge in [-0.25, -0.2) is 4.79 Å². The van der Waals surface area contributed by atoms with Crippen molar-refractivity contribution in [2.75, 3.05) is 26.2 Å². The zero-order valence-corrected chi connectivity index (χ0v) is 10.3. The van der Waals surface area contributed by atoms with Crippen molar-refractivity contribution in [3.63, 3.8) is 0 Å². The summed E-state index contributed by atoms with van der Waals surface area (Å²) in [5, 5.41) is 8.50. The SMILES string of the molecule is CC(CN)CC(=O)N1CC(C)(OCC(=O)O)C1. The molecule has 1 rings (SSSR count). The molecular formula is C11H20N2O4. The number of hydrogen-bond donors (Lipinski definition) is 2. The highest BCUT2D eigenvalue weighted by Crippen LogP contribution is 2.25. The molecule has 0 aromatic heterocycles. The predicted molar refractivity (Wildman–Crippen MR) is 61.4 cm³/mol. The first kappa shape index (κ1) is 13.9. The van der Waals surface area contributed by atoms with Gasteiger partial charge in [-0.1, -0.05) is 6.92 Å². The summed E-state index contributed by atoms with van der Waals surface area (Å²) < 4.78 is 5.22. The van der Waals surface area contributed by atoms with Gasteiger partial charge in [0.25, 0.3) is 0 Å². The lowest BCUT2D eigenvalue weighted by molar-refractivity contribution is -0.173. The van der Waals surface area contributed by atoms with Crippen LogP contribution in [0.5, 0.6) is 0 Å². The van der Waals surface area contributed by atoms with E-state index < -0.39 is 11.6 Å². The maximum atomic E-state index is 11.7. The van der Waals surface area contributed by atoms with Crippen molar-refractivity contribution in [3.8, 4) is 0 Å². The average Bonchev–Trinajstić information content (AvgIpc) is 2.22. The molecule has 0 saturated carbocycles. The molecule has 6 heteroatoms. The molecule has 1 heterocycles. The number of carbonyl (C=O) groups is 2. The fourth-order valence-electron chi connectivity index (χ4n) is 1.78. The van der Waals surface area contributed by atoms with Crippen molar-refractivity contribution >= 4 is 11.9 Å². The van der Waals surface area contributed by atoms with Crippen molar-refractivity contribution in [2.24, 2.45) is 11.7 Å². The Labute approximate surface area is 101 Å². The highest BCUT2D eigenvalue weighted by molar-refractivity contribution is 5.77. The lowest BCUT2D eigenvalue weighted by atomic mass is 9.94. The summed E-state index contributed by atoms with van der Waals surface area (Å²) in [6, 6.07) is 0. The summed E-state index contributed by atoms with van der Waals surface area (Å²) in [4.78, 5) is 23.8. The van der Waals surface area contributed by atoms with Gasteiger partial charge in [-0.2, -0.15) is 0 Å². The minimum Gasteiger partial charge on any atom is -0.480 e. The standard InChI is InChI=1S/C11H20N2O4/c1-8(4-12)3-9(14)13-6-11(2,7-13)17-5-10(15)16/h8H,3-7,12H2,1-2H3,(H,15,16). The van der Waals surface area contributed by atoms with Gasteiger partial charge < -0.3 is 20.5 Å². The summed E-state index contributed by atoms with van der Waals surface area (Å²) in [5.74, 6) is -0.763. The first-order valence-corrected chi connectivity index (χ1v) is 5.70. The van der Waals surface area contributed by atoms with Gasteiger partial charge in [0.1, 0.15) is 12.2 Å². The fourth-order valence-corrected chi connectivity index (χ4v) is 1.78. The number of rotatable bonds is 6. The van der Waals surface area contributed by atoms with Gasteiger partial charge in [0, 0.05) is 6.42 Å². The molecule has 17 heavy (non-hydrogen) atoms. The van der Waals surface area contributed by atoms with E-state index in [1.807, 2.05) is 13.8 Å². The van der Waals surface area contributed by atoms with Crippen LogP contribution in [0.1, 0.15) is 20.3 Å². The Hall–Kier alpha value is -1.14. The lowest BCUT2D eigenvalue weighted by Crippen LogP contribution is -2.63. The molecule has 0 spiro atoms. The van der Waals surface area contributed by atoms with E-state index in [0.717, 1.165) is 0 Å². The molecule has 1 atom stereocenters. The van der Waals surface area contributed by atoms with Gasteiger partial charge in [-0.05, 0) is 19.4 Å². The summed E-state index contributed by atoms with van der Waals surface area (Å²) in [7, 11) is 0. The van der Waals surface area contributed by atoms with Crippen molar-refractivity contribution in [2.45, 2.75) is 25.9 Å². The number of ether oxygens (including phenoxy) is 1. The van der Waals surface area contributed by atoms with Crippen LogP contribution in [-0.4, -0.2) is 53.7 Å². The molecule has 1 aliphatic heterocycles. The Morgan fingerprint density at radius 1 is 1.53 bits per heavy atom. The molecule has 1 aliphatic rings. The first-order chi connectivity index (χ1) is 7.86. The van der Waals surface area contributed by atoms with Gasteiger partial charge in [0.2, 0.25) is 5.91 Å². The highest BCUT2D eigenvalue weighted by atomic mass is 16.5. The second-order valence-electron chi connectivity index (χ2n) is 4.93. The van der Waals surface area contributed by atoms with Gasteiger partial charge in [-0.15, -0.1) is 0 Å². The van der Waals surface area contributed by atoms with Gasteiger partial charge in [-0.3, -0.25) is 4.79 Å². The van der Waals surface area contributed by atoms with Crippen LogP contribution in [0.3, 0.4) is 0 Å². The van der Waals surface area contributed by atoms with Crippen LogP contribution in [0.15, 0.2) is 0 Å². The summed E-state index contributed by atoms with van der Waals surface area (Å²) in [6.07, 6.45) is 0.436. The van der Waals surface area contributed by atoms with E-state index in [2.05, 4.69) is 0 Å². The molecule has 0 aromatic rings. The first-order valence-electron chi connectivity index (χ1n) is 5.70. The van der Waals surface area contributed by atoms with Crippen molar-refractivity contribution in [3.05, 3.63) is 0 Å². The summed E-state index contributed by atoms with van der Waals surface area (Å²) in [6.45, 7) is 4.82. The average molecular weight is 244 g/mol. The second kappa shape index (κ2) is 5.46. The Morgan fingerprint density at radius 3 is 2.59 bits per heavy atom. The van der Waals surface area contributed by atoms with Crippen LogP contribution in [0.4, 0.5) is 0 Å². The molecule has 6 nitrogen and oxygen atoms in total. The molecule has 0 bridgehead atoms. The predicted octanol–water partition coefficient (Wildman–Crippen LogP) is -0.327. The molecule has 1 saturated heterocycles. The molecule has 1 fully saturated rings. The number of carbonyl (C=O) groups excluding carboxylic acids is 1. The second-order valence-corrected chi connectivity index (χ2v) is 4.93. The largest absolute Gasteiger partial charge is 0.480 e. The van der Waals surface area contributed by atoms with E-state index in [1.54, 1.807) is 4.90 Å². The zero-order chi connectivity index (χ0) is 13.1. The maximum absolute atomic E-state index is 11.7. The topological polar surface area (TPSA) is 92.9 Å². The van der Waals surface area contributed by atoms with Crippen molar-refractivity contribution in [1.29, 1.82) is 0 Å². The number of hydrogen-bond acceptors (Lipinski definition) is 4. The van der Waals surface area contributed by atoms with E-state index in [9.17, 15) is 9.59 Å². The summed E-state index contributed by atoms with van der Waals surface area (Å²) in [5.41, 5.74) is 4.94. The molecule has 0 aromatic carbocycles. The number of nitrogens with zero attached hydrogens (tertiary/aromatic N) is 1. The van der Waals surface area contributed by atoms with Crippen LogP contribution in [0.2, 0.25) is 0 Å². The molecule has 0 aliphatic carbocycles. The Bertz CT molecular complexity index is 300. The van der Waals surface area contributed by atoms with Gasteiger partial charge in [0.05, 0.1) is 13.1 Å². The fraction of sp³-hybridized carbons (Fsp3) is 0.818. The third-order valence-electron chi connectivity index (χ3n) is 2.87. The maximum Gasteiger partial charge on any atom is 0.329 e. The van der Waals surface area contributed by atoms with Crippen LogP contribution in [0, 0.1) is 5.92 Å². The number of nitrogens with two attached hydrogens (primary N) is 1. The smallest absolute Gasteiger partial charge is 0.329 e. The van der Waals surface area contributed by atoms with Gasteiger partial charge in [0.15, 0.2) is 0 Å². The third-order valence-corrected chi connectivity index (χ3v) is 2.87. The Morgan fingerprint density at radius 2 is 2.12 bits per heavy atom. The van der Waals surface area contributed by atoms with E-state index in [0.29, 0.717) is 26.1 Å². The number of likely N-dealkylation sites (tertiary alicyclic amines) is 1. The minimum absolute atomic E-state index is 0.0550. The van der Waals surface area contributed by atoms with Crippen molar-refractivity contribution in [1.82, 2.24) is 4.90 Å². The molecule has 1 amide bonds. The molecule has 3 N–H and O–H groups in total. The third kappa shape index (κ3) is 3.98. The van der Waals surface area contributed by atoms with Gasteiger partial charge >= 0.3 is 5.97 Å². The molecule has 1 unspecified atom stereocenters. The molecular weight excluding hydrogens is 224 g/mol. The quantitative estimate of drug-likeness (QED) is 0.667. The number of carboxylic acids is 1.